The van der Waals surface area contributed by atoms with Gasteiger partial charge in [-0.25, -0.2) is 9.97 Å². The summed E-state index contributed by atoms with van der Waals surface area (Å²) in [5.41, 5.74) is 8.65. The van der Waals surface area contributed by atoms with E-state index in [2.05, 4.69) is 15.2 Å². The van der Waals surface area contributed by atoms with Crippen LogP contribution in [-0.4, -0.2) is 34.2 Å². The first-order valence-electron chi connectivity index (χ1n) is 8.51. The van der Waals surface area contributed by atoms with Gasteiger partial charge in [0.1, 0.15) is 26.1 Å². The van der Waals surface area contributed by atoms with E-state index in [1.165, 1.54) is 22.7 Å². The zero-order valence-corrected chi connectivity index (χ0v) is 16.9. The molecule has 0 aromatic carbocycles. The first kappa shape index (κ1) is 17.0. The Labute approximate surface area is 165 Å². The Morgan fingerprint density at radius 1 is 1.37 bits per heavy atom. The topological polar surface area (TPSA) is 99.6 Å². The van der Waals surface area contributed by atoms with E-state index in [1.54, 1.807) is 12.5 Å². The van der Waals surface area contributed by atoms with E-state index < -0.39 is 10.8 Å². The van der Waals surface area contributed by atoms with Crippen molar-refractivity contribution in [2.24, 2.45) is 7.05 Å². The molecule has 0 aliphatic heterocycles. The number of nitrogens with two attached hydrogens (primary N) is 1. The molecule has 4 aromatic heterocycles. The molecule has 0 radical (unpaired) electrons. The first-order chi connectivity index (χ1) is 13.1. The Balaban J connectivity index is 1.78. The standard InChI is InChI=1S/C17H16N6OS3/c1-23-8-20-22-14(23)10-7-11(15-19-5-6-25-15)21-16-12(10)13(18)17(26-16)27(24)9-3-2-4-9/h5-9H,2-4,18H2,1H3. The number of rotatable bonds is 4. The third-order valence-corrected chi connectivity index (χ3v) is 8.90. The number of nitrogen functional groups attached to an aromatic ring is 1. The molecule has 1 aliphatic carbocycles. The van der Waals surface area contributed by atoms with Crippen LogP contribution in [0.15, 0.2) is 28.2 Å². The van der Waals surface area contributed by atoms with E-state index in [0.717, 1.165) is 50.0 Å². The summed E-state index contributed by atoms with van der Waals surface area (Å²) in [6.07, 6.45) is 6.54. The Bertz CT molecular complexity index is 1160. The lowest BCUT2D eigenvalue weighted by atomic mass is 10.0. The average Bonchev–Trinajstić information content (AvgIpc) is 3.33. The molecule has 27 heavy (non-hydrogen) atoms. The summed E-state index contributed by atoms with van der Waals surface area (Å²) in [5.74, 6) is 0.700. The normalized spacial score (nSPS) is 15.9. The van der Waals surface area contributed by atoms with Gasteiger partial charge in [0.15, 0.2) is 5.82 Å². The van der Waals surface area contributed by atoms with E-state index in [-0.39, 0.29) is 5.25 Å². The van der Waals surface area contributed by atoms with Gasteiger partial charge in [0, 0.05) is 34.8 Å². The number of aromatic nitrogens is 5. The lowest BCUT2D eigenvalue weighted by Gasteiger charge is -2.23. The molecule has 0 bridgehead atoms. The van der Waals surface area contributed by atoms with Crippen LogP contribution in [0, 0.1) is 0 Å². The summed E-state index contributed by atoms with van der Waals surface area (Å²) in [4.78, 5) is 9.92. The number of anilines is 1. The lowest BCUT2D eigenvalue weighted by Crippen LogP contribution is -2.23. The fourth-order valence-corrected chi connectivity index (χ4v) is 6.96. The molecule has 0 saturated heterocycles. The zero-order chi connectivity index (χ0) is 18.5. The zero-order valence-electron chi connectivity index (χ0n) is 14.5. The monoisotopic (exact) mass is 416 g/mol. The molecule has 4 aromatic rings. The Morgan fingerprint density at radius 3 is 2.85 bits per heavy atom. The van der Waals surface area contributed by atoms with E-state index in [9.17, 15) is 4.21 Å². The number of nitrogens with zero attached hydrogens (tertiary/aromatic N) is 5. The van der Waals surface area contributed by atoms with Crippen LogP contribution in [0.4, 0.5) is 5.69 Å². The van der Waals surface area contributed by atoms with Crippen molar-refractivity contribution in [2.45, 2.75) is 28.7 Å². The van der Waals surface area contributed by atoms with E-state index in [1.807, 2.05) is 23.1 Å². The van der Waals surface area contributed by atoms with Gasteiger partial charge in [-0.05, 0) is 18.9 Å². The molecule has 2 N–H and O–H groups in total. The molecule has 0 amide bonds. The molecule has 138 valence electrons. The van der Waals surface area contributed by atoms with Crippen molar-refractivity contribution in [3.05, 3.63) is 24.0 Å². The Morgan fingerprint density at radius 2 is 2.22 bits per heavy atom. The van der Waals surface area contributed by atoms with Gasteiger partial charge in [0.2, 0.25) is 0 Å². The van der Waals surface area contributed by atoms with Crippen LogP contribution in [0.3, 0.4) is 0 Å². The number of thiazole rings is 1. The minimum atomic E-state index is -1.09. The summed E-state index contributed by atoms with van der Waals surface area (Å²) in [6, 6.07) is 1.95. The SMILES string of the molecule is Cn1cnnc1-c1cc(-c2nccs2)nc2sc(S(=O)C3CCC3)c(N)c12. The summed E-state index contributed by atoms with van der Waals surface area (Å²) in [6.45, 7) is 0. The van der Waals surface area contributed by atoms with E-state index >= 15 is 0 Å². The van der Waals surface area contributed by atoms with Gasteiger partial charge < -0.3 is 10.3 Å². The highest BCUT2D eigenvalue weighted by molar-refractivity contribution is 7.88. The van der Waals surface area contributed by atoms with Crippen molar-refractivity contribution in [3.63, 3.8) is 0 Å². The predicted molar refractivity (Wildman–Crippen MR) is 109 cm³/mol. The Kier molecular flexibility index (Phi) is 4.06. The second kappa shape index (κ2) is 6.47. The molecular formula is C17H16N6OS3. The number of pyridine rings is 1. The number of aryl methyl sites for hydroxylation is 1. The maximum Gasteiger partial charge on any atom is 0.164 e. The second-order valence-electron chi connectivity index (χ2n) is 6.49. The highest BCUT2D eigenvalue weighted by Crippen LogP contribution is 2.44. The van der Waals surface area contributed by atoms with Crippen molar-refractivity contribution in [2.75, 3.05) is 5.73 Å². The smallest absolute Gasteiger partial charge is 0.164 e. The third-order valence-electron chi connectivity index (χ3n) is 4.81. The summed E-state index contributed by atoms with van der Waals surface area (Å²) in [7, 11) is 0.798. The van der Waals surface area contributed by atoms with Gasteiger partial charge in [-0.15, -0.1) is 32.9 Å². The minimum Gasteiger partial charge on any atom is -0.396 e. The van der Waals surface area contributed by atoms with Crippen LogP contribution in [0.25, 0.3) is 32.3 Å². The van der Waals surface area contributed by atoms with Crippen LogP contribution in [0.1, 0.15) is 19.3 Å². The molecule has 1 aliphatic rings. The van der Waals surface area contributed by atoms with Crippen LogP contribution >= 0.6 is 22.7 Å². The number of hydrogen-bond acceptors (Lipinski definition) is 8. The Hall–Kier alpha value is -2.17. The number of fused-ring (bicyclic) bond motifs is 1. The molecule has 10 heteroatoms. The van der Waals surface area contributed by atoms with Gasteiger partial charge in [-0.2, -0.15) is 0 Å². The average molecular weight is 417 g/mol. The summed E-state index contributed by atoms with van der Waals surface area (Å²) < 4.78 is 15.5. The molecule has 7 nitrogen and oxygen atoms in total. The molecule has 1 saturated carbocycles. The maximum absolute atomic E-state index is 13.0. The maximum atomic E-state index is 13.0. The second-order valence-corrected chi connectivity index (χ2v) is 10.3. The largest absolute Gasteiger partial charge is 0.396 e. The van der Waals surface area contributed by atoms with Gasteiger partial charge >= 0.3 is 0 Å². The van der Waals surface area contributed by atoms with Crippen molar-refractivity contribution in [3.8, 4) is 22.1 Å². The van der Waals surface area contributed by atoms with Crippen LogP contribution in [0.5, 0.6) is 0 Å². The van der Waals surface area contributed by atoms with Gasteiger partial charge in [-0.3, -0.25) is 4.21 Å². The van der Waals surface area contributed by atoms with Gasteiger partial charge in [0.05, 0.1) is 16.5 Å². The first-order valence-corrected chi connectivity index (χ1v) is 11.4. The van der Waals surface area contributed by atoms with E-state index in [0.29, 0.717) is 11.5 Å². The molecule has 0 spiro atoms. The number of thiophene rings is 1. The molecular weight excluding hydrogens is 400 g/mol. The van der Waals surface area contributed by atoms with Crippen LogP contribution < -0.4 is 5.73 Å². The fourth-order valence-electron chi connectivity index (χ4n) is 3.15. The van der Waals surface area contributed by atoms with Gasteiger partial charge in [-0.1, -0.05) is 6.42 Å². The predicted octanol–water partition coefficient (Wildman–Crippen LogP) is 3.46. The highest BCUT2D eigenvalue weighted by atomic mass is 32.2. The van der Waals surface area contributed by atoms with Crippen molar-refractivity contribution in [1.82, 2.24) is 24.7 Å². The van der Waals surface area contributed by atoms with Crippen molar-refractivity contribution >= 4 is 49.4 Å². The van der Waals surface area contributed by atoms with Gasteiger partial charge in [0.25, 0.3) is 0 Å². The molecule has 1 unspecified atom stereocenters. The minimum absolute atomic E-state index is 0.206. The number of hydrogen-bond donors (Lipinski definition) is 1. The van der Waals surface area contributed by atoms with Crippen LogP contribution in [0.2, 0.25) is 0 Å². The fraction of sp³-hybridized carbons (Fsp3) is 0.294. The highest BCUT2D eigenvalue weighted by Gasteiger charge is 2.30. The van der Waals surface area contributed by atoms with Crippen molar-refractivity contribution < 1.29 is 4.21 Å². The molecule has 5 rings (SSSR count). The molecule has 1 atom stereocenters. The lowest BCUT2D eigenvalue weighted by molar-refractivity contribution is 0.505. The summed E-state index contributed by atoms with van der Waals surface area (Å²) in [5, 5.41) is 12.0. The quantitative estimate of drug-likeness (QED) is 0.547. The molecule has 4 heterocycles. The van der Waals surface area contributed by atoms with E-state index in [4.69, 9.17) is 10.7 Å². The molecule has 1 fully saturated rings. The third kappa shape index (κ3) is 2.70. The van der Waals surface area contributed by atoms with Crippen molar-refractivity contribution in [1.29, 1.82) is 0 Å². The van der Waals surface area contributed by atoms with Crippen LogP contribution in [-0.2, 0) is 17.8 Å². The summed E-state index contributed by atoms with van der Waals surface area (Å²) >= 11 is 2.95.